The molecule has 1 heterocycles. The zero-order valence-corrected chi connectivity index (χ0v) is 12.4. The molecule has 5 heteroatoms. The van der Waals surface area contributed by atoms with Crippen LogP contribution in [0.1, 0.15) is 19.4 Å². The molecule has 2 rings (SSSR count). The Morgan fingerprint density at radius 2 is 1.95 bits per heavy atom. The first-order valence-electron chi connectivity index (χ1n) is 6.33. The normalized spacial score (nSPS) is 10.7. The maximum absolute atomic E-state index is 6.13. The number of aromatic nitrogens is 1. The molecule has 0 spiro atoms. The third kappa shape index (κ3) is 3.54. The van der Waals surface area contributed by atoms with Gasteiger partial charge in [0, 0.05) is 6.07 Å². The van der Waals surface area contributed by atoms with Gasteiger partial charge < -0.3 is 15.2 Å². The smallest absolute Gasteiger partial charge is 0.240 e. The molecule has 0 fully saturated rings. The van der Waals surface area contributed by atoms with Crippen molar-refractivity contribution in [3.05, 3.63) is 40.9 Å². The van der Waals surface area contributed by atoms with Crippen LogP contribution in [0.5, 0.6) is 17.5 Å². The van der Waals surface area contributed by atoms with Crippen LogP contribution in [-0.2, 0) is 0 Å². The molecule has 1 aromatic heterocycles. The second kappa shape index (κ2) is 6.01. The fourth-order valence-corrected chi connectivity index (χ4v) is 1.88. The van der Waals surface area contributed by atoms with Crippen molar-refractivity contribution in [3.63, 3.8) is 0 Å². The molecule has 0 saturated carbocycles. The Bertz CT molecular complexity index is 615. The third-order valence-electron chi connectivity index (χ3n) is 2.51. The summed E-state index contributed by atoms with van der Waals surface area (Å²) in [4.78, 5) is 4.24. The van der Waals surface area contributed by atoms with Crippen molar-refractivity contribution in [2.24, 2.45) is 0 Å². The average molecular weight is 293 g/mol. The van der Waals surface area contributed by atoms with Gasteiger partial charge in [-0.05, 0) is 44.5 Å². The summed E-state index contributed by atoms with van der Waals surface area (Å²) >= 11 is 6.13. The molecule has 0 amide bonds. The molecule has 1 aromatic carbocycles. The SMILES string of the molecule is Cc1ccc(Oc2ccc(N)c(OC(C)C)n2)c(Cl)c1. The highest BCUT2D eigenvalue weighted by Crippen LogP contribution is 2.31. The summed E-state index contributed by atoms with van der Waals surface area (Å²) in [6.07, 6.45) is -0.0111. The van der Waals surface area contributed by atoms with Crippen LogP contribution in [0.25, 0.3) is 0 Å². The van der Waals surface area contributed by atoms with Crippen molar-refractivity contribution in [1.82, 2.24) is 4.98 Å². The Labute approximate surface area is 123 Å². The zero-order chi connectivity index (χ0) is 14.7. The molecule has 0 aliphatic heterocycles. The number of nitrogen functional groups attached to an aromatic ring is 1. The van der Waals surface area contributed by atoms with Crippen molar-refractivity contribution in [2.75, 3.05) is 5.73 Å². The van der Waals surface area contributed by atoms with Crippen molar-refractivity contribution >= 4 is 17.3 Å². The van der Waals surface area contributed by atoms with Crippen molar-refractivity contribution in [2.45, 2.75) is 26.9 Å². The number of halogens is 1. The largest absolute Gasteiger partial charge is 0.473 e. The van der Waals surface area contributed by atoms with Gasteiger partial charge in [-0.15, -0.1) is 0 Å². The highest BCUT2D eigenvalue weighted by molar-refractivity contribution is 6.32. The summed E-state index contributed by atoms with van der Waals surface area (Å²) in [6.45, 7) is 5.78. The molecule has 4 nitrogen and oxygen atoms in total. The second-order valence-electron chi connectivity index (χ2n) is 4.75. The maximum atomic E-state index is 6.13. The summed E-state index contributed by atoms with van der Waals surface area (Å²) in [5.74, 6) is 1.30. The lowest BCUT2D eigenvalue weighted by Gasteiger charge is -2.13. The number of benzene rings is 1. The molecule has 106 valence electrons. The zero-order valence-electron chi connectivity index (χ0n) is 11.7. The van der Waals surface area contributed by atoms with Crippen molar-refractivity contribution in [3.8, 4) is 17.5 Å². The lowest BCUT2D eigenvalue weighted by Crippen LogP contribution is -2.09. The van der Waals surface area contributed by atoms with E-state index in [1.54, 1.807) is 18.2 Å². The Balaban J connectivity index is 2.25. The van der Waals surface area contributed by atoms with E-state index in [1.165, 1.54) is 0 Å². The van der Waals surface area contributed by atoms with Gasteiger partial charge in [0.2, 0.25) is 11.8 Å². The van der Waals surface area contributed by atoms with Crippen LogP contribution >= 0.6 is 11.6 Å². The number of hydrogen-bond donors (Lipinski definition) is 1. The van der Waals surface area contributed by atoms with E-state index in [1.807, 2.05) is 32.9 Å². The van der Waals surface area contributed by atoms with Crippen LogP contribution in [0.2, 0.25) is 5.02 Å². The quantitative estimate of drug-likeness (QED) is 0.917. The minimum absolute atomic E-state index is 0.0111. The lowest BCUT2D eigenvalue weighted by atomic mass is 10.2. The van der Waals surface area contributed by atoms with Crippen LogP contribution in [0.4, 0.5) is 5.69 Å². The molecule has 0 atom stereocenters. The topological polar surface area (TPSA) is 57.4 Å². The first-order valence-corrected chi connectivity index (χ1v) is 6.70. The van der Waals surface area contributed by atoms with Crippen LogP contribution in [0, 0.1) is 6.92 Å². The molecular weight excluding hydrogens is 276 g/mol. The predicted molar refractivity (Wildman–Crippen MR) is 80.7 cm³/mol. The second-order valence-corrected chi connectivity index (χ2v) is 5.15. The first-order chi connectivity index (χ1) is 9.45. The number of rotatable bonds is 4. The number of aryl methyl sites for hydroxylation is 1. The minimum Gasteiger partial charge on any atom is -0.473 e. The van der Waals surface area contributed by atoms with Gasteiger partial charge in [0.05, 0.1) is 16.8 Å². The van der Waals surface area contributed by atoms with E-state index in [0.717, 1.165) is 5.56 Å². The highest BCUT2D eigenvalue weighted by atomic mass is 35.5. The summed E-state index contributed by atoms with van der Waals surface area (Å²) in [5, 5.41) is 0.537. The monoisotopic (exact) mass is 292 g/mol. The first kappa shape index (κ1) is 14.5. The molecule has 0 saturated heterocycles. The van der Waals surface area contributed by atoms with Crippen molar-refractivity contribution in [1.29, 1.82) is 0 Å². The molecule has 0 aliphatic rings. The predicted octanol–water partition coefficient (Wildman–Crippen LogP) is 4.21. The van der Waals surface area contributed by atoms with Gasteiger partial charge in [-0.3, -0.25) is 0 Å². The van der Waals surface area contributed by atoms with Gasteiger partial charge in [0.15, 0.2) is 0 Å². The average Bonchev–Trinajstić information content (AvgIpc) is 2.36. The Morgan fingerprint density at radius 1 is 1.20 bits per heavy atom. The minimum atomic E-state index is -0.0111. The summed E-state index contributed by atoms with van der Waals surface area (Å²) < 4.78 is 11.2. The molecule has 0 aliphatic carbocycles. The van der Waals surface area contributed by atoms with Gasteiger partial charge in [0.1, 0.15) is 5.75 Å². The van der Waals surface area contributed by atoms with Crippen LogP contribution in [0.3, 0.4) is 0 Å². The van der Waals surface area contributed by atoms with Crippen LogP contribution in [0.15, 0.2) is 30.3 Å². The number of nitrogens with zero attached hydrogens (tertiary/aromatic N) is 1. The Morgan fingerprint density at radius 3 is 2.60 bits per heavy atom. The lowest BCUT2D eigenvalue weighted by molar-refractivity contribution is 0.232. The van der Waals surface area contributed by atoms with Gasteiger partial charge >= 0.3 is 0 Å². The van der Waals surface area contributed by atoms with E-state index in [0.29, 0.717) is 28.2 Å². The van der Waals surface area contributed by atoms with E-state index in [4.69, 9.17) is 26.8 Å². The molecule has 0 unspecified atom stereocenters. The summed E-state index contributed by atoms with van der Waals surface area (Å²) in [7, 11) is 0. The van der Waals surface area contributed by atoms with Gasteiger partial charge in [0.25, 0.3) is 0 Å². The fraction of sp³-hybridized carbons (Fsp3) is 0.267. The summed E-state index contributed by atoms with van der Waals surface area (Å²) in [6, 6.07) is 8.93. The molecule has 2 N–H and O–H groups in total. The van der Waals surface area contributed by atoms with Gasteiger partial charge in [-0.1, -0.05) is 17.7 Å². The Kier molecular flexibility index (Phi) is 4.35. The van der Waals surface area contributed by atoms with Gasteiger partial charge in [-0.2, -0.15) is 4.98 Å². The molecule has 0 radical (unpaired) electrons. The summed E-state index contributed by atoms with van der Waals surface area (Å²) in [5.41, 5.74) is 7.35. The third-order valence-corrected chi connectivity index (χ3v) is 2.81. The molecular formula is C15H17ClN2O2. The van der Waals surface area contributed by atoms with Gasteiger partial charge in [-0.25, -0.2) is 0 Å². The number of ether oxygens (including phenoxy) is 2. The number of nitrogens with two attached hydrogens (primary N) is 1. The number of pyridine rings is 1. The van der Waals surface area contributed by atoms with E-state index in [9.17, 15) is 0 Å². The van der Waals surface area contributed by atoms with E-state index >= 15 is 0 Å². The Hall–Kier alpha value is -1.94. The van der Waals surface area contributed by atoms with Crippen molar-refractivity contribution < 1.29 is 9.47 Å². The standard InChI is InChI=1S/C15H17ClN2O2/c1-9(2)19-15-12(17)5-7-14(18-15)20-13-6-4-10(3)8-11(13)16/h4-9H,17H2,1-3H3. The van der Waals surface area contributed by atoms with Crippen LogP contribution in [-0.4, -0.2) is 11.1 Å². The van der Waals surface area contributed by atoms with E-state index in [2.05, 4.69) is 4.98 Å². The highest BCUT2D eigenvalue weighted by Gasteiger charge is 2.09. The number of anilines is 1. The fourth-order valence-electron chi connectivity index (χ4n) is 1.61. The van der Waals surface area contributed by atoms with Crippen LogP contribution < -0.4 is 15.2 Å². The molecule has 0 bridgehead atoms. The van der Waals surface area contributed by atoms with E-state index in [-0.39, 0.29) is 6.10 Å². The van der Waals surface area contributed by atoms with E-state index < -0.39 is 0 Å². The molecule has 20 heavy (non-hydrogen) atoms. The maximum Gasteiger partial charge on any atom is 0.240 e. The molecule has 2 aromatic rings. The number of hydrogen-bond acceptors (Lipinski definition) is 4.